The molecule has 0 radical (unpaired) electrons. The molecule has 2 aromatic rings. The van der Waals surface area contributed by atoms with Crippen molar-refractivity contribution in [2.24, 2.45) is 7.05 Å². The summed E-state index contributed by atoms with van der Waals surface area (Å²) in [5.41, 5.74) is 0.416. The number of aromatic nitrogens is 4. The molecule has 0 atom stereocenters. The molecule has 0 bridgehead atoms. The Morgan fingerprint density at radius 3 is 2.65 bits per heavy atom. The molecule has 9 nitrogen and oxygen atoms in total. The molecule has 0 saturated carbocycles. The number of sulfonamides is 1. The third kappa shape index (κ3) is 4.50. The highest BCUT2D eigenvalue weighted by Crippen LogP contribution is 2.26. The minimum atomic E-state index is -3.21. The van der Waals surface area contributed by atoms with Gasteiger partial charge in [0.25, 0.3) is 0 Å². The Bertz CT molecular complexity index is 857. The van der Waals surface area contributed by atoms with E-state index in [4.69, 9.17) is 0 Å². The van der Waals surface area contributed by atoms with Gasteiger partial charge in [0.1, 0.15) is 5.82 Å². The zero-order chi connectivity index (χ0) is 18.8. The number of hydrogen-bond acceptors (Lipinski definition) is 7. The number of anilines is 3. The Morgan fingerprint density at radius 2 is 2.04 bits per heavy atom. The third-order valence-electron chi connectivity index (χ3n) is 4.57. The molecule has 26 heavy (non-hydrogen) atoms. The lowest BCUT2D eigenvalue weighted by molar-refractivity contribution is 0.329. The molecule has 2 aromatic heterocycles. The summed E-state index contributed by atoms with van der Waals surface area (Å²) in [6.07, 6.45) is 6.72. The van der Waals surface area contributed by atoms with Gasteiger partial charge in [0.2, 0.25) is 16.0 Å². The van der Waals surface area contributed by atoms with Crippen LogP contribution in [0.5, 0.6) is 0 Å². The number of piperidine rings is 1. The van der Waals surface area contributed by atoms with Gasteiger partial charge < -0.3 is 10.2 Å². The van der Waals surface area contributed by atoms with Crippen LogP contribution in [0, 0.1) is 0 Å². The Morgan fingerprint density at radius 1 is 1.31 bits per heavy atom. The Kier molecular flexibility index (Phi) is 5.15. The summed E-state index contributed by atoms with van der Waals surface area (Å²) >= 11 is 0. The second-order valence-corrected chi connectivity index (χ2v) is 8.83. The average Bonchev–Trinajstić information content (AvgIpc) is 3.00. The second-order valence-electron chi connectivity index (χ2n) is 6.82. The molecule has 0 aliphatic carbocycles. The van der Waals surface area contributed by atoms with Gasteiger partial charge in [-0.3, -0.25) is 4.68 Å². The first-order valence-corrected chi connectivity index (χ1v) is 10.3. The number of hydrogen-bond donors (Lipinski definition) is 2. The van der Waals surface area contributed by atoms with Crippen molar-refractivity contribution in [3.8, 4) is 0 Å². The van der Waals surface area contributed by atoms with Crippen molar-refractivity contribution in [3.63, 3.8) is 0 Å². The second kappa shape index (κ2) is 7.20. The minimum absolute atomic E-state index is 0.0988. The van der Waals surface area contributed by atoms with Gasteiger partial charge in [-0.15, -0.1) is 0 Å². The van der Waals surface area contributed by atoms with Crippen LogP contribution in [0.4, 0.5) is 17.5 Å². The zero-order valence-electron chi connectivity index (χ0n) is 15.3. The van der Waals surface area contributed by atoms with Crippen LogP contribution < -0.4 is 14.9 Å². The van der Waals surface area contributed by atoms with Crippen LogP contribution in [0.3, 0.4) is 0 Å². The van der Waals surface area contributed by atoms with Crippen molar-refractivity contribution in [2.45, 2.75) is 32.2 Å². The van der Waals surface area contributed by atoms with E-state index in [0.717, 1.165) is 37.4 Å². The van der Waals surface area contributed by atoms with Gasteiger partial charge in [-0.2, -0.15) is 10.1 Å². The van der Waals surface area contributed by atoms with E-state index in [-0.39, 0.29) is 5.75 Å². The fourth-order valence-electron chi connectivity index (χ4n) is 2.98. The fourth-order valence-corrected chi connectivity index (χ4v) is 4.08. The van der Waals surface area contributed by atoms with E-state index in [9.17, 15) is 8.42 Å². The Labute approximate surface area is 153 Å². The third-order valence-corrected chi connectivity index (χ3v) is 6.14. The van der Waals surface area contributed by atoms with Crippen LogP contribution >= 0.6 is 0 Å². The molecule has 1 saturated heterocycles. The predicted octanol–water partition coefficient (Wildman–Crippen LogP) is 1.25. The molecule has 1 aliphatic rings. The van der Waals surface area contributed by atoms with Crippen molar-refractivity contribution in [3.05, 3.63) is 24.7 Å². The van der Waals surface area contributed by atoms with Gasteiger partial charge in [-0.05, 0) is 32.8 Å². The molecular formula is C16H25N7O2S. The van der Waals surface area contributed by atoms with Crippen LogP contribution in [-0.2, 0) is 17.1 Å². The standard InChI is InChI=1S/C16H25N7O2S/c1-4-26(24,25)21-16(2)6-9-23(10-7-16)14-5-8-17-15(20-14)19-13-11-18-22(3)12-13/h5,8,11-12,21H,4,6-7,9-10H2,1-3H3,(H,17,19,20). The normalized spacial score (nSPS) is 17.3. The van der Waals surface area contributed by atoms with Crippen molar-refractivity contribution in [2.75, 3.05) is 29.1 Å². The van der Waals surface area contributed by atoms with Crippen LogP contribution in [0.25, 0.3) is 0 Å². The minimum Gasteiger partial charge on any atom is -0.356 e. The first-order valence-electron chi connectivity index (χ1n) is 8.64. The van der Waals surface area contributed by atoms with E-state index < -0.39 is 15.6 Å². The summed E-state index contributed by atoms with van der Waals surface area (Å²) in [4.78, 5) is 11.0. The maximum atomic E-state index is 11.9. The highest BCUT2D eigenvalue weighted by Gasteiger charge is 2.33. The zero-order valence-corrected chi connectivity index (χ0v) is 16.1. The molecular weight excluding hydrogens is 354 g/mol. The SMILES string of the molecule is CCS(=O)(=O)NC1(C)CCN(c2ccnc(Nc3cnn(C)c3)n2)CC1. The van der Waals surface area contributed by atoms with Gasteiger partial charge in [0.05, 0.1) is 17.6 Å². The molecule has 0 amide bonds. The fraction of sp³-hybridized carbons (Fsp3) is 0.562. The molecule has 1 aliphatic heterocycles. The summed E-state index contributed by atoms with van der Waals surface area (Å²) < 4.78 is 28.3. The lowest BCUT2D eigenvalue weighted by Crippen LogP contribution is -2.53. The maximum Gasteiger partial charge on any atom is 0.229 e. The Balaban J connectivity index is 1.65. The summed E-state index contributed by atoms with van der Waals surface area (Å²) in [6.45, 7) is 5.07. The molecule has 142 valence electrons. The van der Waals surface area contributed by atoms with Gasteiger partial charge in [0, 0.05) is 38.1 Å². The molecule has 0 unspecified atom stereocenters. The summed E-state index contributed by atoms with van der Waals surface area (Å²) in [6, 6.07) is 1.87. The number of aryl methyl sites for hydroxylation is 1. The molecule has 2 N–H and O–H groups in total. The smallest absolute Gasteiger partial charge is 0.229 e. The monoisotopic (exact) mass is 379 g/mol. The molecule has 0 spiro atoms. The van der Waals surface area contributed by atoms with Gasteiger partial charge in [0.15, 0.2) is 0 Å². The highest BCUT2D eigenvalue weighted by molar-refractivity contribution is 7.89. The van der Waals surface area contributed by atoms with Crippen molar-refractivity contribution in [1.82, 2.24) is 24.5 Å². The van der Waals surface area contributed by atoms with Crippen LogP contribution in [0.2, 0.25) is 0 Å². The summed E-state index contributed by atoms with van der Waals surface area (Å²) in [7, 11) is -1.36. The van der Waals surface area contributed by atoms with Crippen molar-refractivity contribution < 1.29 is 8.42 Å². The van der Waals surface area contributed by atoms with Crippen LogP contribution in [0.1, 0.15) is 26.7 Å². The number of rotatable bonds is 6. The van der Waals surface area contributed by atoms with Gasteiger partial charge >= 0.3 is 0 Å². The molecule has 1 fully saturated rings. The van der Waals surface area contributed by atoms with E-state index in [1.807, 2.05) is 26.2 Å². The largest absolute Gasteiger partial charge is 0.356 e. The van der Waals surface area contributed by atoms with E-state index in [1.165, 1.54) is 0 Å². The van der Waals surface area contributed by atoms with E-state index in [0.29, 0.717) is 5.95 Å². The number of nitrogens with one attached hydrogen (secondary N) is 2. The summed E-state index contributed by atoms with van der Waals surface area (Å²) in [5.74, 6) is 1.43. The molecule has 10 heteroatoms. The topological polar surface area (TPSA) is 105 Å². The lowest BCUT2D eigenvalue weighted by Gasteiger charge is -2.40. The average molecular weight is 379 g/mol. The van der Waals surface area contributed by atoms with E-state index in [1.54, 1.807) is 24.0 Å². The highest BCUT2D eigenvalue weighted by atomic mass is 32.2. The predicted molar refractivity (Wildman–Crippen MR) is 101 cm³/mol. The quantitative estimate of drug-likeness (QED) is 0.778. The van der Waals surface area contributed by atoms with E-state index in [2.05, 4.69) is 30.0 Å². The van der Waals surface area contributed by atoms with Gasteiger partial charge in [-0.1, -0.05) is 0 Å². The van der Waals surface area contributed by atoms with Crippen molar-refractivity contribution >= 4 is 27.5 Å². The molecule has 3 rings (SSSR count). The Hall–Kier alpha value is -2.20. The van der Waals surface area contributed by atoms with Crippen LogP contribution in [-0.4, -0.2) is 52.5 Å². The summed E-state index contributed by atoms with van der Waals surface area (Å²) in [5, 5.41) is 7.24. The maximum absolute atomic E-state index is 11.9. The number of nitrogens with zero attached hydrogens (tertiary/aromatic N) is 5. The molecule has 3 heterocycles. The molecule has 0 aromatic carbocycles. The van der Waals surface area contributed by atoms with Crippen molar-refractivity contribution in [1.29, 1.82) is 0 Å². The van der Waals surface area contributed by atoms with E-state index >= 15 is 0 Å². The van der Waals surface area contributed by atoms with Crippen LogP contribution in [0.15, 0.2) is 24.7 Å². The van der Waals surface area contributed by atoms with Gasteiger partial charge in [-0.25, -0.2) is 18.1 Å². The first-order chi connectivity index (χ1) is 12.3. The lowest BCUT2D eigenvalue weighted by atomic mass is 9.91. The first kappa shape index (κ1) is 18.6.